The lowest BCUT2D eigenvalue weighted by atomic mass is 10.2. The van der Waals surface area contributed by atoms with Gasteiger partial charge in [-0.05, 0) is 24.1 Å². The molecule has 1 aromatic heterocycles. The highest BCUT2D eigenvalue weighted by molar-refractivity contribution is 5.92. The first-order valence-corrected chi connectivity index (χ1v) is 8.30. The SMILES string of the molecule is CC(C)CN1CCN(C(=O)/C=C/c2cc3ccccc3o2)CC1. The molecule has 3 rings (SSSR count). The van der Waals surface area contributed by atoms with Crippen molar-refractivity contribution in [3.05, 3.63) is 42.2 Å². The zero-order valence-electron chi connectivity index (χ0n) is 13.9. The molecule has 0 saturated carbocycles. The fraction of sp³-hybridized carbons (Fsp3) is 0.421. The van der Waals surface area contributed by atoms with Gasteiger partial charge in [0.1, 0.15) is 11.3 Å². The molecule has 0 radical (unpaired) electrons. The van der Waals surface area contributed by atoms with Gasteiger partial charge in [0.25, 0.3) is 0 Å². The zero-order chi connectivity index (χ0) is 16.2. The van der Waals surface area contributed by atoms with Crippen molar-refractivity contribution in [2.45, 2.75) is 13.8 Å². The van der Waals surface area contributed by atoms with Crippen LogP contribution in [0.3, 0.4) is 0 Å². The molecule has 1 aliphatic heterocycles. The number of fused-ring (bicyclic) bond motifs is 1. The lowest BCUT2D eigenvalue weighted by Crippen LogP contribution is -2.49. The van der Waals surface area contributed by atoms with E-state index in [0.29, 0.717) is 5.92 Å². The Bertz CT molecular complexity index is 661. The molecule has 2 aromatic rings. The Hall–Kier alpha value is -2.07. The molecule has 1 amide bonds. The number of piperazine rings is 1. The molecule has 1 saturated heterocycles. The first-order valence-electron chi connectivity index (χ1n) is 8.30. The molecule has 4 nitrogen and oxygen atoms in total. The van der Waals surface area contributed by atoms with E-state index in [1.54, 1.807) is 12.2 Å². The first kappa shape index (κ1) is 15.8. The lowest BCUT2D eigenvalue weighted by Gasteiger charge is -2.35. The average molecular weight is 312 g/mol. The normalized spacial score (nSPS) is 16.7. The van der Waals surface area contributed by atoms with Crippen LogP contribution >= 0.6 is 0 Å². The Morgan fingerprint density at radius 3 is 2.65 bits per heavy atom. The van der Waals surface area contributed by atoms with Gasteiger partial charge in [0.05, 0.1) is 0 Å². The van der Waals surface area contributed by atoms with Gasteiger partial charge in [0, 0.05) is 44.2 Å². The summed E-state index contributed by atoms with van der Waals surface area (Å²) in [5.74, 6) is 1.46. The van der Waals surface area contributed by atoms with Gasteiger partial charge >= 0.3 is 0 Å². The van der Waals surface area contributed by atoms with Gasteiger partial charge in [-0.25, -0.2) is 0 Å². The summed E-state index contributed by atoms with van der Waals surface area (Å²) >= 11 is 0. The van der Waals surface area contributed by atoms with Crippen LogP contribution in [0.2, 0.25) is 0 Å². The minimum absolute atomic E-state index is 0.0645. The molecule has 23 heavy (non-hydrogen) atoms. The molecule has 0 atom stereocenters. The van der Waals surface area contributed by atoms with Crippen LogP contribution in [0.4, 0.5) is 0 Å². The number of rotatable bonds is 4. The van der Waals surface area contributed by atoms with Crippen LogP contribution in [0.25, 0.3) is 17.0 Å². The standard InChI is InChI=1S/C19H24N2O2/c1-15(2)14-20-9-11-21(12-10-20)19(22)8-7-17-13-16-5-3-4-6-18(16)23-17/h3-8,13,15H,9-12,14H2,1-2H3/b8-7+. The van der Waals surface area contributed by atoms with E-state index in [-0.39, 0.29) is 5.91 Å². The van der Waals surface area contributed by atoms with E-state index in [2.05, 4.69) is 18.7 Å². The Morgan fingerprint density at radius 1 is 1.22 bits per heavy atom. The Balaban J connectivity index is 1.57. The van der Waals surface area contributed by atoms with Crippen LogP contribution in [-0.4, -0.2) is 48.4 Å². The highest BCUT2D eigenvalue weighted by Gasteiger charge is 2.19. The summed E-state index contributed by atoms with van der Waals surface area (Å²) in [5.41, 5.74) is 0.849. The number of carbonyl (C=O) groups excluding carboxylic acids is 1. The Labute approximate surface area is 137 Å². The molecule has 0 aliphatic carbocycles. The van der Waals surface area contributed by atoms with Crippen LogP contribution in [0, 0.1) is 5.92 Å². The third-order valence-electron chi connectivity index (χ3n) is 4.14. The van der Waals surface area contributed by atoms with Gasteiger partial charge in [-0.3, -0.25) is 9.69 Å². The van der Waals surface area contributed by atoms with Crippen molar-refractivity contribution in [2.24, 2.45) is 5.92 Å². The van der Waals surface area contributed by atoms with Crippen LogP contribution in [0.5, 0.6) is 0 Å². The van der Waals surface area contributed by atoms with Crippen molar-refractivity contribution >= 4 is 23.0 Å². The highest BCUT2D eigenvalue weighted by Crippen LogP contribution is 2.19. The lowest BCUT2D eigenvalue weighted by molar-refractivity contribution is -0.127. The van der Waals surface area contributed by atoms with Crippen LogP contribution in [0.15, 0.2) is 40.8 Å². The fourth-order valence-corrected chi connectivity index (χ4v) is 3.01. The van der Waals surface area contributed by atoms with E-state index in [1.165, 1.54) is 0 Å². The molecule has 0 bridgehead atoms. The maximum Gasteiger partial charge on any atom is 0.246 e. The van der Waals surface area contributed by atoms with Crippen LogP contribution in [0.1, 0.15) is 19.6 Å². The fourth-order valence-electron chi connectivity index (χ4n) is 3.01. The van der Waals surface area contributed by atoms with E-state index in [0.717, 1.165) is 49.5 Å². The van der Waals surface area contributed by atoms with Crippen molar-refractivity contribution in [1.82, 2.24) is 9.80 Å². The van der Waals surface area contributed by atoms with Gasteiger partial charge in [-0.15, -0.1) is 0 Å². The number of hydrogen-bond acceptors (Lipinski definition) is 3. The Morgan fingerprint density at radius 2 is 1.96 bits per heavy atom. The van der Waals surface area contributed by atoms with Crippen molar-refractivity contribution in [3.8, 4) is 0 Å². The van der Waals surface area contributed by atoms with Crippen molar-refractivity contribution in [1.29, 1.82) is 0 Å². The third-order valence-corrected chi connectivity index (χ3v) is 4.14. The number of furan rings is 1. The Kier molecular flexibility index (Phi) is 4.82. The zero-order valence-corrected chi connectivity index (χ0v) is 13.9. The molecular formula is C19H24N2O2. The summed E-state index contributed by atoms with van der Waals surface area (Å²) < 4.78 is 5.70. The van der Waals surface area contributed by atoms with E-state index in [9.17, 15) is 4.79 Å². The molecule has 1 aliphatic rings. The van der Waals surface area contributed by atoms with E-state index in [1.807, 2.05) is 35.2 Å². The minimum Gasteiger partial charge on any atom is -0.457 e. The number of carbonyl (C=O) groups is 1. The van der Waals surface area contributed by atoms with Crippen molar-refractivity contribution in [2.75, 3.05) is 32.7 Å². The molecule has 122 valence electrons. The summed E-state index contributed by atoms with van der Waals surface area (Å²) in [6, 6.07) is 9.82. The summed E-state index contributed by atoms with van der Waals surface area (Å²) in [6.07, 6.45) is 3.39. The van der Waals surface area contributed by atoms with Crippen molar-refractivity contribution < 1.29 is 9.21 Å². The second-order valence-electron chi connectivity index (χ2n) is 6.54. The topological polar surface area (TPSA) is 36.7 Å². The largest absolute Gasteiger partial charge is 0.457 e. The number of para-hydroxylation sites is 1. The summed E-state index contributed by atoms with van der Waals surface area (Å²) in [4.78, 5) is 16.6. The quantitative estimate of drug-likeness (QED) is 0.813. The molecule has 1 fully saturated rings. The smallest absolute Gasteiger partial charge is 0.246 e. The average Bonchev–Trinajstić information content (AvgIpc) is 2.95. The number of nitrogens with zero attached hydrogens (tertiary/aromatic N) is 2. The van der Waals surface area contributed by atoms with Crippen LogP contribution in [-0.2, 0) is 4.79 Å². The molecule has 1 aromatic carbocycles. The summed E-state index contributed by atoms with van der Waals surface area (Å²) in [7, 11) is 0. The predicted octanol–water partition coefficient (Wildman–Crippen LogP) is 3.25. The van der Waals surface area contributed by atoms with E-state index >= 15 is 0 Å². The van der Waals surface area contributed by atoms with E-state index in [4.69, 9.17) is 4.42 Å². The minimum atomic E-state index is 0.0645. The second-order valence-corrected chi connectivity index (χ2v) is 6.54. The predicted molar refractivity (Wildman–Crippen MR) is 93.1 cm³/mol. The van der Waals surface area contributed by atoms with Gasteiger partial charge in [-0.2, -0.15) is 0 Å². The van der Waals surface area contributed by atoms with Gasteiger partial charge in [0.15, 0.2) is 0 Å². The number of amides is 1. The first-order chi connectivity index (χ1) is 11.1. The molecule has 4 heteroatoms. The van der Waals surface area contributed by atoms with Gasteiger partial charge < -0.3 is 9.32 Å². The number of benzene rings is 1. The molecule has 2 heterocycles. The summed E-state index contributed by atoms with van der Waals surface area (Å²) in [5, 5.41) is 1.06. The summed E-state index contributed by atoms with van der Waals surface area (Å²) in [6.45, 7) is 9.09. The molecule has 0 spiro atoms. The number of hydrogen-bond donors (Lipinski definition) is 0. The second kappa shape index (κ2) is 7.01. The van der Waals surface area contributed by atoms with Crippen molar-refractivity contribution in [3.63, 3.8) is 0 Å². The van der Waals surface area contributed by atoms with Crippen LogP contribution < -0.4 is 0 Å². The third kappa shape index (κ3) is 4.02. The van der Waals surface area contributed by atoms with E-state index < -0.39 is 0 Å². The maximum absolute atomic E-state index is 12.3. The molecular weight excluding hydrogens is 288 g/mol. The highest BCUT2D eigenvalue weighted by atomic mass is 16.3. The van der Waals surface area contributed by atoms with Gasteiger partial charge in [-0.1, -0.05) is 32.0 Å². The molecule has 0 unspecified atom stereocenters. The maximum atomic E-state index is 12.3. The molecule has 0 N–H and O–H groups in total. The van der Waals surface area contributed by atoms with Gasteiger partial charge in [0.2, 0.25) is 5.91 Å². The monoisotopic (exact) mass is 312 g/mol.